The molecule has 19 heavy (non-hydrogen) atoms. The van der Waals surface area contributed by atoms with Crippen LogP contribution in [0.5, 0.6) is 11.6 Å². The summed E-state index contributed by atoms with van der Waals surface area (Å²) >= 11 is 1.64. The van der Waals surface area contributed by atoms with Crippen LogP contribution in [0.4, 0.5) is 0 Å². The highest BCUT2D eigenvalue weighted by atomic mass is 32.2. The lowest BCUT2D eigenvalue weighted by Gasteiger charge is -2.07. The topological polar surface area (TPSA) is 59.4 Å². The average molecular weight is 275 g/mol. The number of carboxylic acid groups (broad SMARTS) is 1. The second-order valence-electron chi connectivity index (χ2n) is 3.92. The highest BCUT2D eigenvalue weighted by Crippen LogP contribution is 2.24. The average Bonchev–Trinajstić information content (AvgIpc) is 2.39. The summed E-state index contributed by atoms with van der Waals surface area (Å²) in [6.45, 7) is 1.73. The van der Waals surface area contributed by atoms with Crippen molar-refractivity contribution in [2.24, 2.45) is 0 Å². The van der Waals surface area contributed by atoms with E-state index in [0.29, 0.717) is 11.4 Å². The van der Waals surface area contributed by atoms with E-state index in [1.54, 1.807) is 18.7 Å². The largest absolute Gasteiger partial charge is 0.478 e. The van der Waals surface area contributed by atoms with E-state index in [4.69, 9.17) is 9.84 Å². The fourth-order valence-electron chi connectivity index (χ4n) is 1.58. The first-order chi connectivity index (χ1) is 9.08. The second kappa shape index (κ2) is 5.75. The van der Waals surface area contributed by atoms with Crippen LogP contribution in [-0.2, 0) is 0 Å². The molecule has 0 radical (unpaired) electrons. The Hall–Kier alpha value is -2.01. The smallest absolute Gasteiger partial charge is 0.335 e. The summed E-state index contributed by atoms with van der Waals surface area (Å²) in [4.78, 5) is 16.3. The van der Waals surface area contributed by atoms with Crippen molar-refractivity contribution in [1.29, 1.82) is 0 Å². The number of hydrogen-bond donors (Lipinski definition) is 1. The molecule has 1 N–H and O–H groups in total. The van der Waals surface area contributed by atoms with E-state index in [1.807, 2.05) is 30.5 Å². The molecule has 1 aromatic heterocycles. The summed E-state index contributed by atoms with van der Waals surface area (Å²) in [5.74, 6) is -0.0744. The van der Waals surface area contributed by atoms with Gasteiger partial charge >= 0.3 is 5.97 Å². The third-order valence-electron chi connectivity index (χ3n) is 2.46. The molecule has 1 aromatic carbocycles. The van der Waals surface area contributed by atoms with Gasteiger partial charge in [0.2, 0.25) is 5.88 Å². The van der Waals surface area contributed by atoms with Crippen LogP contribution in [-0.4, -0.2) is 22.3 Å². The summed E-state index contributed by atoms with van der Waals surface area (Å²) in [5, 5.41) is 8.98. The molecule has 0 saturated carbocycles. The van der Waals surface area contributed by atoms with Gasteiger partial charge in [-0.1, -0.05) is 0 Å². The number of carbonyl (C=O) groups is 1. The molecular weight excluding hydrogens is 262 g/mol. The number of benzene rings is 1. The number of carboxylic acids is 1. The van der Waals surface area contributed by atoms with Crippen molar-refractivity contribution in [2.45, 2.75) is 11.8 Å². The predicted octanol–water partition coefficient (Wildman–Crippen LogP) is 3.60. The van der Waals surface area contributed by atoms with Gasteiger partial charge in [-0.3, -0.25) is 0 Å². The first-order valence-electron chi connectivity index (χ1n) is 5.62. The summed E-state index contributed by atoms with van der Waals surface area (Å²) in [6, 6.07) is 10.5. The Balaban J connectivity index is 2.24. The molecule has 2 rings (SSSR count). The number of aromatic nitrogens is 1. The Labute approximate surface area is 115 Å². The Morgan fingerprint density at radius 2 is 1.95 bits per heavy atom. The summed E-state index contributed by atoms with van der Waals surface area (Å²) < 4.78 is 5.57. The lowest BCUT2D eigenvalue weighted by molar-refractivity contribution is 0.0696. The van der Waals surface area contributed by atoms with Crippen molar-refractivity contribution in [3.8, 4) is 11.6 Å². The lowest BCUT2D eigenvalue weighted by Crippen LogP contribution is -1.99. The molecule has 1 heterocycles. The van der Waals surface area contributed by atoms with Crippen molar-refractivity contribution in [3.05, 3.63) is 47.7 Å². The van der Waals surface area contributed by atoms with Gasteiger partial charge in [-0.05, 0) is 43.5 Å². The zero-order chi connectivity index (χ0) is 13.8. The number of rotatable bonds is 4. The highest BCUT2D eigenvalue weighted by Gasteiger charge is 2.08. The maximum absolute atomic E-state index is 11.0. The number of pyridine rings is 1. The third kappa shape index (κ3) is 3.48. The molecule has 2 aromatic rings. The fourth-order valence-corrected chi connectivity index (χ4v) is 1.99. The Morgan fingerprint density at radius 3 is 2.53 bits per heavy atom. The van der Waals surface area contributed by atoms with Crippen molar-refractivity contribution in [1.82, 2.24) is 4.98 Å². The van der Waals surface area contributed by atoms with E-state index in [-0.39, 0.29) is 11.4 Å². The van der Waals surface area contributed by atoms with Gasteiger partial charge in [0.1, 0.15) is 5.75 Å². The van der Waals surface area contributed by atoms with Crippen LogP contribution < -0.4 is 4.74 Å². The number of nitrogens with zero attached hydrogens (tertiary/aromatic N) is 1. The third-order valence-corrected chi connectivity index (χ3v) is 3.20. The van der Waals surface area contributed by atoms with E-state index < -0.39 is 5.97 Å². The van der Waals surface area contributed by atoms with Crippen LogP contribution in [0, 0.1) is 6.92 Å². The maximum Gasteiger partial charge on any atom is 0.335 e. The van der Waals surface area contributed by atoms with E-state index in [1.165, 1.54) is 12.1 Å². The molecule has 0 aliphatic carbocycles. The van der Waals surface area contributed by atoms with Gasteiger partial charge in [0.15, 0.2) is 0 Å². The van der Waals surface area contributed by atoms with Crippen molar-refractivity contribution >= 4 is 17.7 Å². The lowest BCUT2D eigenvalue weighted by atomic mass is 10.2. The minimum Gasteiger partial charge on any atom is -0.478 e. The van der Waals surface area contributed by atoms with Gasteiger partial charge in [0, 0.05) is 16.7 Å². The van der Waals surface area contributed by atoms with Crippen LogP contribution in [0.25, 0.3) is 0 Å². The van der Waals surface area contributed by atoms with Gasteiger partial charge in [0.05, 0.1) is 5.56 Å². The summed E-state index contributed by atoms with van der Waals surface area (Å²) in [7, 11) is 0. The van der Waals surface area contributed by atoms with E-state index in [0.717, 1.165) is 4.90 Å². The Morgan fingerprint density at radius 1 is 1.26 bits per heavy atom. The van der Waals surface area contributed by atoms with E-state index in [2.05, 4.69) is 4.98 Å². The van der Waals surface area contributed by atoms with Crippen LogP contribution >= 0.6 is 11.8 Å². The molecule has 0 aliphatic rings. The normalized spacial score (nSPS) is 10.2. The van der Waals surface area contributed by atoms with E-state index in [9.17, 15) is 4.79 Å². The van der Waals surface area contributed by atoms with Crippen molar-refractivity contribution < 1.29 is 14.6 Å². The van der Waals surface area contributed by atoms with Crippen LogP contribution in [0.15, 0.2) is 41.3 Å². The van der Waals surface area contributed by atoms with Gasteiger partial charge in [-0.15, -0.1) is 11.8 Å². The number of hydrogen-bond acceptors (Lipinski definition) is 4. The van der Waals surface area contributed by atoms with Gasteiger partial charge in [0.25, 0.3) is 0 Å². The molecule has 98 valence electrons. The SMILES string of the molecule is CSc1ccc(Oc2cc(C(=O)O)cc(C)n2)cc1. The number of ether oxygens (including phenoxy) is 1. The van der Waals surface area contributed by atoms with Crippen molar-refractivity contribution in [3.63, 3.8) is 0 Å². The molecule has 5 heteroatoms. The fraction of sp³-hybridized carbons (Fsp3) is 0.143. The van der Waals surface area contributed by atoms with Gasteiger partial charge in [-0.2, -0.15) is 0 Å². The standard InChI is InChI=1S/C14H13NO3S/c1-9-7-10(14(16)17)8-13(15-9)18-11-3-5-12(19-2)6-4-11/h3-8H,1-2H3,(H,16,17). The monoisotopic (exact) mass is 275 g/mol. The Bertz CT molecular complexity index is 596. The van der Waals surface area contributed by atoms with Crippen LogP contribution in [0.1, 0.15) is 16.1 Å². The first kappa shape index (κ1) is 13.4. The molecule has 0 saturated heterocycles. The second-order valence-corrected chi connectivity index (χ2v) is 4.80. The maximum atomic E-state index is 11.0. The molecule has 0 spiro atoms. The Kier molecular flexibility index (Phi) is 4.06. The summed E-state index contributed by atoms with van der Waals surface area (Å²) in [5.41, 5.74) is 0.777. The van der Waals surface area contributed by atoms with Gasteiger partial charge in [-0.25, -0.2) is 9.78 Å². The molecule has 0 atom stereocenters. The molecule has 0 amide bonds. The predicted molar refractivity (Wildman–Crippen MR) is 74.2 cm³/mol. The van der Waals surface area contributed by atoms with Gasteiger partial charge < -0.3 is 9.84 Å². The molecule has 0 fully saturated rings. The molecule has 4 nitrogen and oxygen atoms in total. The first-order valence-corrected chi connectivity index (χ1v) is 6.85. The quantitative estimate of drug-likeness (QED) is 0.864. The molecule has 0 unspecified atom stereocenters. The van der Waals surface area contributed by atoms with E-state index >= 15 is 0 Å². The van der Waals surface area contributed by atoms with Crippen molar-refractivity contribution in [2.75, 3.05) is 6.26 Å². The number of aromatic carboxylic acids is 1. The molecular formula is C14H13NO3S. The zero-order valence-corrected chi connectivity index (χ0v) is 11.4. The zero-order valence-electron chi connectivity index (χ0n) is 10.6. The number of thioether (sulfide) groups is 1. The highest BCUT2D eigenvalue weighted by molar-refractivity contribution is 7.98. The molecule has 0 bridgehead atoms. The minimum absolute atomic E-state index is 0.170. The molecule has 0 aliphatic heterocycles. The van der Waals surface area contributed by atoms with Crippen LogP contribution in [0.3, 0.4) is 0 Å². The summed E-state index contributed by atoms with van der Waals surface area (Å²) in [6.07, 6.45) is 2.00. The number of aryl methyl sites for hydroxylation is 1. The van der Waals surface area contributed by atoms with Crippen LogP contribution in [0.2, 0.25) is 0 Å². The minimum atomic E-state index is -0.993.